The molecule has 10 heavy (non-hydrogen) atoms. The fourth-order valence-corrected chi connectivity index (χ4v) is 0.681. The summed E-state index contributed by atoms with van der Waals surface area (Å²) in [7, 11) is 0. The van der Waals surface area contributed by atoms with Gasteiger partial charge in [0, 0.05) is 0 Å². The van der Waals surface area contributed by atoms with Gasteiger partial charge in [-0.15, -0.1) is 23.2 Å². The van der Waals surface area contributed by atoms with E-state index in [9.17, 15) is 0 Å². The Hall–Kier alpha value is 0.320. The molecular formula is C8H14Cl2. The molecule has 0 radical (unpaired) electrons. The van der Waals surface area contributed by atoms with E-state index in [0.29, 0.717) is 0 Å². The third kappa shape index (κ3) is 5.13. The quantitative estimate of drug-likeness (QED) is 0.459. The molecule has 0 bridgehead atoms. The largest absolute Gasteiger partial charge is 0.118 e. The molecule has 0 rings (SSSR count). The summed E-state index contributed by atoms with van der Waals surface area (Å²) in [6.07, 6.45) is 5.85. The molecule has 0 aromatic carbocycles. The van der Waals surface area contributed by atoms with Gasteiger partial charge in [0.15, 0.2) is 0 Å². The highest BCUT2D eigenvalue weighted by molar-refractivity contribution is 6.23. The van der Waals surface area contributed by atoms with Crippen molar-refractivity contribution in [3.8, 4) is 0 Å². The third-order valence-corrected chi connectivity index (χ3v) is 2.22. The number of rotatable bonds is 4. The zero-order chi connectivity index (χ0) is 7.98. The summed E-state index contributed by atoms with van der Waals surface area (Å²) in [5.41, 5.74) is 0. The van der Waals surface area contributed by atoms with E-state index in [-0.39, 0.29) is 10.8 Å². The first kappa shape index (κ1) is 10.3. The summed E-state index contributed by atoms with van der Waals surface area (Å²) in [6.45, 7) is 4.11. The van der Waals surface area contributed by atoms with Crippen LogP contribution in [-0.4, -0.2) is 10.8 Å². The number of allylic oxidation sites excluding steroid dienone is 2. The van der Waals surface area contributed by atoms with Crippen molar-refractivity contribution in [1.29, 1.82) is 0 Å². The Morgan fingerprint density at radius 3 is 1.50 bits per heavy atom. The average Bonchev–Trinajstić information content (AvgIpc) is 1.99. The SMILES string of the molecule is CCC(Cl)/C=C\C(Cl)CC. The molecular weight excluding hydrogens is 167 g/mol. The molecule has 0 amide bonds. The number of halogens is 2. The van der Waals surface area contributed by atoms with Gasteiger partial charge in [-0.1, -0.05) is 26.0 Å². The van der Waals surface area contributed by atoms with E-state index in [0.717, 1.165) is 12.8 Å². The Kier molecular flexibility index (Phi) is 6.25. The molecule has 2 atom stereocenters. The summed E-state index contributed by atoms with van der Waals surface area (Å²) in [5.74, 6) is 0. The summed E-state index contributed by atoms with van der Waals surface area (Å²) < 4.78 is 0. The second-order valence-electron chi connectivity index (χ2n) is 2.23. The molecule has 0 N–H and O–H groups in total. The molecule has 0 aromatic rings. The summed E-state index contributed by atoms with van der Waals surface area (Å²) in [6, 6.07) is 0. The second kappa shape index (κ2) is 6.06. The molecule has 0 aliphatic heterocycles. The van der Waals surface area contributed by atoms with Crippen LogP contribution in [0.1, 0.15) is 26.7 Å². The molecule has 60 valence electrons. The topological polar surface area (TPSA) is 0 Å². The molecule has 0 aliphatic carbocycles. The first-order valence-corrected chi connectivity index (χ1v) is 4.54. The molecule has 0 saturated heterocycles. The minimum atomic E-state index is 0.146. The normalized spacial score (nSPS) is 17.6. The Balaban J connectivity index is 3.52. The summed E-state index contributed by atoms with van der Waals surface area (Å²) in [4.78, 5) is 0. The number of hydrogen-bond donors (Lipinski definition) is 0. The van der Waals surface area contributed by atoms with Gasteiger partial charge in [-0.05, 0) is 12.8 Å². The van der Waals surface area contributed by atoms with Crippen molar-refractivity contribution in [2.75, 3.05) is 0 Å². The van der Waals surface area contributed by atoms with Crippen LogP contribution >= 0.6 is 23.2 Å². The maximum atomic E-state index is 5.82. The lowest BCUT2D eigenvalue weighted by Gasteiger charge is -1.99. The molecule has 0 fully saturated rings. The summed E-state index contributed by atoms with van der Waals surface area (Å²) >= 11 is 11.6. The van der Waals surface area contributed by atoms with Crippen LogP contribution in [-0.2, 0) is 0 Å². The van der Waals surface area contributed by atoms with E-state index in [1.807, 2.05) is 12.2 Å². The van der Waals surface area contributed by atoms with E-state index in [2.05, 4.69) is 13.8 Å². The molecule has 0 spiro atoms. The van der Waals surface area contributed by atoms with Crippen molar-refractivity contribution in [2.24, 2.45) is 0 Å². The first-order valence-electron chi connectivity index (χ1n) is 3.67. The van der Waals surface area contributed by atoms with Crippen LogP contribution in [0.4, 0.5) is 0 Å². The van der Waals surface area contributed by atoms with Gasteiger partial charge in [-0.3, -0.25) is 0 Å². The number of alkyl halides is 2. The van der Waals surface area contributed by atoms with E-state index in [1.54, 1.807) is 0 Å². The van der Waals surface area contributed by atoms with Crippen molar-refractivity contribution >= 4 is 23.2 Å². The van der Waals surface area contributed by atoms with Gasteiger partial charge in [0.25, 0.3) is 0 Å². The highest BCUT2D eigenvalue weighted by Crippen LogP contribution is 2.07. The monoisotopic (exact) mass is 180 g/mol. The van der Waals surface area contributed by atoms with Crippen LogP contribution in [0.15, 0.2) is 12.2 Å². The van der Waals surface area contributed by atoms with Gasteiger partial charge in [0.1, 0.15) is 0 Å². The number of hydrogen-bond acceptors (Lipinski definition) is 0. The molecule has 2 heteroatoms. The predicted octanol–water partition coefficient (Wildman–Crippen LogP) is 3.58. The van der Waals surface area contributed by atoms with Gasteiger partial charge in [0.2, 0.25) is 0 Å². The van der Waals surface area contributed by atoms with Crippen molar-refractivity contribution < 1.29 is 0 Å². The Morgan fingerprint density at radius 2 is 1.30 bits per heavy atom. The van der Waals surface area contributed by atoms with E-state index < -0.39 is 0 Å². The van der Waals surface area contributed by atoms with E-state index in [1.165, 1.54) is 0 Å². The Labute approximate surface area is 73.2 Å². The van der Waals surface area contributed by atoms with Gasteiger partial charge in [-0.25, -0.2) is 0 Å². The van der Waals surface area contributed by atoms with E-state index in [4.69, 9.17) is 23.2 Å². The van der Waals surface area contributed by atoms with Crippen LogP contribution in [0.3, 0.4) is 0 Å². The van der Waals surface area contributed by atoms with Crippen LogP contribution in [0.5, 0.6) is 0 Å². The standard InChI is InChI=1S/C8H14Cl2/c1-3-7(9)5-6-8(10)4-2/h5-8H,3-4H2,1-2H3/b6-5-. The lowest BCUT2D eigenvalue weighted by molar-refractivity contribution is 0.930. The maximum absolute atomic E-state index is 5.82. The Bertz CT molecular complexity index is 87.4. The average molecular weight is 181 g/mol. The van der Waals surface area contributed by atoms with Crippen LogP contribution in [0.2, 0.25) is 0 Å². The molecule has 0 nitrogen and oxygen atoms in total. The zero-order valence-corrected chi connectivity index (χ0v) is 7.99. The Morgan fingerprint density at radius 1 is 1.00 bits per heavy atom. The highest BCUT2D eigenvalue weighted by Gasteiger charge is 1.96. The molecule has 2 unspecified atom stereocenters. The maximum Gasteiger partial charge on any atom is 0.0513 e. The highest BCUT2D eigenvalue weighted by atomic mass is 35.5. The predicted molar refractivity (Wildman–Crippen MR) is 49.0 cm³/mol. The van der Waals surface area contributed by atoms with Gasteiger partial charge in [0.05, 0.1) is 10.8 Å². The summed E-state index contributed by atoms with van der Waals surface area (Å²) in [5, 5.41) is 0.292. The van der Waals surface area contributed by atoms with Crippen molar-refractivity contribution in [3.05, 3.63) is 12.2 Å². The first-order chi connectivity index (χ1) is 4.70. The molecule has 0 aliphatic rings. The van der Waals surface area contributed by atoms with Crippen LogP contribution in [0.25, 0.3) is 0 Å². The van der Waals surface area contributed by atoms with Crippen molar-refractivity contribution in [2.45, 2.75) is 37.4 Å². The minimum Gasteiger partial charge on any atom is -0.118 e. The van der Waals surface area contributed by atoms with Gasteiger partial charge < -0.3 is 0 Å². The molecule has 0 saturated carbocycles. The fraction of sp³-hybridized carbons (Fsp3) is 0.750. The lowest BCUT2D eigenvalue weighted by atomic mass is 10.2. The molecule has 0 aromatic heterocycles. The van der Waals surface area contributed by atoms with Gasteiger partial charge in [-0.2, -0.15) is 0 Å². The minimum absolute atomic E-state index is 0.146. The van der Waals surface area contributed by atoms with E-state index >= 15 is 0 Å². The van der Waals surface area contributed by atoms with Crippen molar-refractivity contribution in [3.63, 3.8) is 0 Å². The van der Waals surface area contributed by atoms with Crippen LogP contribution < -0.4 is 0 Å². The third-order valence-electron chi connectivity index (χ3n) is 1.31. The smallest absolute Gasteiger partial charge is 0.0513 e. The fourth-order valence-electron chi connectivity index (χ4n) is 0.513. The van der Waals surface area contributed by atoms with Gasteiger partial charge >= 0.3 is 0 Å². The lowest BCUT2D eigenvalue weighted by Crippen LogP contribution is -1.93. The second-order valence-corrected chi connectivity index (χ2v) is 3.35. The molecule has 0 heterocycles. The van der Waals surface area contributed by atoms with Crippen molar-refractivity contribution in [1.82, 2.24) is 0 Å². The zero-order valence-electron chi connectivity index (χ0n) is 6.48. The van der Waals surface area contributed by atoms with Crippen LogP contribution in [0, 0.1) is 0 Å².